The van der Waals surface area contributed by atoms with Gasteiger partial charge < -0.3 is 10.0 Å². The van der Waals surface area contributed by atoms with Crippen LogP contribution in [-0.2, 0) is 13.0 Å². The number of likely N-dealkylation sites (tertiary alicyclic amines) is 1. The van der Waals surface area contributed by atoms with Gasteiger partial charge in [0.25, 0.3) is 0 Å². The maximum Gasteiger partial charge on any atom is 0.0932 e. The summed E-state index contributed by atoms with van der Waals surface area (Å²) in [6.07, 6.45) is 3.70. The molecule has 0 aliphatic carbocycles. The smallest absolute Gasteiger partial charge is 0.0932 e. The third-order valence-corrected chi connectivity index (χ3v) is 3.87. The van der Waals surface area contributed by atoms with Crippen LogP contribution >= 0.6 is 11.3 Å². The van der Waals surface area contributed by atoms with Gasteiger partial charge in [0.1, 0.15) is 0 Å². The summed E-state index contributed by atoms with van der Waals surface area (Å²) in [4.78, 5) is 6.80. The number of hydrogen-bond acceptors (Lipinski definition) is 4. The van der Waals surface area contributed by atoms with E-state index in [4.69, 9.17) is 5.11 Å². The minimum Gasteiger partial charge on any atom is -0.390 e. The van der Waals surface area contributed by atoms with Crippen LogP contribution in [0.5, 0.6) is 0 Å². The van der Waals surface area contributed by atoms with E-state index in [9.17, 15) is 0 Å². The van der Waals surface area contributed by atoms with Crippen LogP contribution in [0.3, 0.4) is 0 Å². The average Bonchev–Trinajstić information content (AvgIpc) is 2.65. The summed E-state index contributed by atoms with van der Waals surface area (Å²) in [6.45, 7) is 2.49. The Hall–Kier alpha value is -0.450. The highest BCUT2D eigenvalue weighted by Crippen LogP contribution is 2.21. The fourth-order valence-corrected chi connectivity index (χ4v) is 3.10. The number of aliphatic hydroxyl groups excluding tert-OH is 1. The Bertz CT molecular complexity index is 313. The number of aliphatic hydroxyl groups is 1. The Morgan fingerprint density at radius 3 is 3.20 bits per heavy atom. The van der Waals surface area contributed by atoms with Crippen molar-refractivity contribution in [1.29, 1.82) is 0 Å². The second-order valence-electron chi connectivity index (χ2n) is 4.37. The first-order chi connectivity index (χ1) is 7.28. The number of nitrogens with zero attached hydrogens (tertiary/aromatic N) is 2. The molecule has 1 saturated heterocycles. The van der Waals surface area contributed by atoms with Crippen LogP contribution in [0.15, 0.2) is 5.38 Å². The van der Waals surface area contributed by atoms with Crippen molar-refractivity contribution in [3.05, 3.63) is 16.1 Å². The molecule has 1 N–H and O–H groups in total. The SMILES string of the molecule is CN1CCCC(Cc2nc(CO)cs2)C1. The van der Waals surface area contributed by atoms with Crippen LogP contribution in [0.1, 0.15) is 23.5 Å². The predicted octanol–water partition coefficient (Wildman–Crippen LogP) is 1.52. The third-order valence-electron chi connectivity index (χ3n) is 2.95. The highest BCUT2D eigenvalue weighted by Gasteiger charge is 2.18. The van der Waals surface area contributed by atoms with E-state index in [1.807, 2.05) is 5.38 Å². The molecule has 1 aromatic heterocycles. The number of piperidine rings is 1. The standard InChI is InChI=1S/C11H18N2OS/c1-13-4-2-3-9(6-13)5-11-12-10(7-14)8-15-11/h8-9,14H,2-7H2,1H3. The fraction of sp³-hybridized carbons (Fsp3) is 0.727. The van der Waals surface area contributed by atoms with Gasteiger partial charge in [0, 0.05) is 18.3 Å². The minimum absolute atomic E-state index is 0.0705. The topological polar surface area (TPSA) is 36.4 Å². The predicted molar refractivity (Wildman–Crippen MR) is 62.0 cm³/mol. The molecule has 2 heterocycles. The molecule has 1 fully saturated rings. The van der Waals surface area contributed by atoms with Gasteiger partial charge in [-0.25, -0.2) is 4.98 Å². The number of aromatic nitrogens is 1. The lowest BCUT2D eigenvalue weighted by atomic mass is 9.95. The summed E-state index contributed by atoms with van der Waals surface area (Å²) >= 11 is 1.68. The van der Waals surface area contributed by atoms with Crippen molar-refractivity contribution in [2.24, 2.45) is 5.92 Å². The monoisotopic (exact) mass is 226 g/mol. The normalized spacial score (nSPS) is 23.2. The third kappa shape index (κ3) is 3.00. The molecule has 0 spiro atoms. The van der Waals surface area contributed by atoms with Crippen molar-refractivity contribution in [3.8, 4) is 0 Å². The maximum absolute atomic E-state index is 8.93. The number of thiazole rings is 1. The molecule has 4 heteroatoms. The molecule has 1 atom stereocenters. The quantitative estimate of drug-likeness (QED) is 0.849. The van der Waals surface area contributed by atoms with Gasteiger partial charge in [0.05, 0.1) is 17.3 Å². The number of rotatable bonds is 3. The summed E-state index contributed by atoms with van der Waals surface area (Å²) in [7, 11) is 2.19. The molecule has 1 aliphatic heterocycles. The molecule has 0 aromatic carbocycles. The molecule has 0 radical (unpaired) electrons. The Balaban J connectivity index is 1.90. The Kier molecular flexibility index (Phi) is 3.72. The van der Waals surface area contributed by atoms with E-state index in [2.05, 4.69) is 16.9 Å². The fourth-order valence-electron chi connectivity index (χ4n) is 2.20. The van der Waals surface area contributed by atoms with Gasteiger partial charge in [-0.2, -0.15) is 0 Å². The van der Waals surface area contributed by atoms with E-state index in [0.29, 0.717) is 0 Å². The van der Waals surface area contributed by atoms with Crippen LogP contribution in [0.4, 0.5) is 0 Å². The Morgan fingerprint density at radius 2 is 2.53 bits per heavy atom. The molecular formula is C11H18N2OS. The molecule has 1 aliphatic rings. The van der Waals surface area contributed by atoms with Crippen molar-refractivity contribution in [2.45, 2.75) is 25.9 Å². The first-order valence-electron chi connectivity index (χ1n) is 5.50. The Morgan fingerprint density at radius 1 is 1.67 bits per heavy atom. The van der Waals surface area contributed by atoms with Gasteiger partial charge in [-0.3, -0.25) is 0 Å². The van der Waals surface area contributed by atoms with Crippen molar-refractivity contribution in [3.63, 3.8) is 0 Å². The van der Waals surface area contributed by atoms with E-state index < -0.39 is 0 Å². The lowest BCUT2D eigenvalue weighted by Gasteiger charge is -2.29. The zero-order valence-corrected chi connectivity index (χ0v) is 9.96. The molecule has 84 valence electrons. The second kappa shape index (κ2) is 5.05. The van der Waals surface area contributed by atoms with Gasteiger partial charge in [0.2, 0.25) is 0 Å². The summed E-state index contributed by atoms with van der Waals surface area (Å²) in [5.41, 5.74) is 0.819. The second-order valence-corrected chi connectivity index (χ2v) is 5.31. The molecule has 15 heavy (non-hydrogen) atoms. The van der Waals surface area contributed by atoms with Crippen molar-refractivity contribution >= 4 is 11.3 Å². The van der Waals surface area contributed by atoms with E-state index >= 15 is 0 Å². The van der Waals surface area contributed by atoms with E-state index in [-0.39, 0.29) is 6.61 Å². The molecule has 2 rings (SSSR count). The zero-order chi connectivity index (χ0) is 10.7. The lowest BCUT2D eigenvalue weighted by Crippen LogP contribution is -2.32. The minimum atomic E-state index is 0.0705. The summed E-state index contributed by atoms with van der Waals surface area (Å²) in [5.74, 6) is 0.751. The molecule has 1 aromatic rings. The van der Waals surface area contributed by atoms with Gasteiger partial charge >= 0.3 is 0 Å². The van der Waals surface area contributed by atoms with E-state index in [1.165, 1.54) is 30.9 Å². The maximum atomic E-state index is 8.93. The summed E-state index contributed by atoms with van der Waals surface area (Å²) in [6, 6.07) is 0. The van der Waals surface area contributed by atoms with Crippen LogP contribution < -0.4 is 0 Å². The van der Waals surface area contributed by atoms with Crippen molar-refractivity contribution in [1.82, 2.24) is 9.88 Å². The van der Waals surface area contributed by atoms with Crippen LogP contribution in [0, 0.1) is 5.92 Å². The average molecular weight is 226 g/mol. The zero-order valence-electron chi connectivity index (χ0n) is 9.15. The molecule has 0 bridgehead atoms. The summed E-state index contributed by atoms with van der Waals surface area (Å²) in [5, 5.41) is 12.1. The van der Waals surface area contributed by atoms with E-state index in [0.717, 1.165) is 18.0 Å². The van der Waals surface area contributed by atoms with Gasteiger partial charge in [-0.15, -0.1) is 11.3 Å². The molecular weight excluding hydrogens is 208 g/mol. The summed E-state index contributed by atoms with van der Waals surface area (Å²) < 4.78 is 0. The Labute approximate surface area is 94.8 Å². The molecule has 0 amide bonds. The molecule has 1 unspecified atom stereocenters. The highest BCUT2D eigenvalue weighted by atomic mass is 32.1. The van der Waals surface area contributed by atoms with E-state index in [1.54, 1.807) is 11.3 Å². The van der Waals surface area contributed by atoms with Crippen molar-refractivity contribution < 1.29 is 5.11 Å². The van der Waals surface area contributed by atoms with Gasteiger partial charge in [-0.05, 0) is 32.4 Å². The number of hydrogen-bond donors (Lipinski definition) is 1. The van der Waals surface area contributed by atoms with Gasteiger partial charge in [0.15, 0.2) is 0 Å². The first-order valence-corrected chi connectivity index (χ1v) is 6.38. The lowest BCUT2D eigenvalue weighted by molar-refractivity contribution is 0.209. The highest BCUT2D eigenvalue weighted by molar-refractivity contribution is 7.09. The first kappa shape index (κ1) is 11.0. The molecule has 3 nitrogen and oxygen atoms in total. The van der Waals surface area contributed by atoms with Crippen molar-refractivity contribution in [2.75, 3.05) is 20.1 Å². The van der Waals surface area contributed by atoms with Crippen LogP contribution in [-0.4, -0.2) is 35.1 Å². The van der Waals surface area contributed by atoms with Crippen LogP contribution in [0.25, 0.3) is 0 Å². The van der Waals surface area contributed by atoms with Gasteiger partial charge in [-0.1, -0.05) is 0 Å². The molecule has 0 saturated carbocycles. The van der Waals surface area contributed by atoms with Crippen LogP contribution in [0.2, 0.25) is 0 Å². The largest absolute Gasteiger partial charge is 0.390 e.